The zero-order valence-corrected chi connectivity index (χ0v) is 17.1. The maximum absolute atomic E-state index is 12.4. The number of hydrogen-bond donors (Lipinski definition) is 0. The molecule has 5 nitrogen and oxygen atoms in total. The largest absolute Gasteiger partial charge is 0.496 e. The number of benzene rings is 1. The summed E-state index contributed by atoms with van der Waals surface area (Å²) in [6.45, 7) is 8.96. The molecule has 1 aliphatic carbocycles. The number of halogens is 1. The van der Waals surface area contributed by atoms with Gasteiger partial charge in [-0.05, 0) is 67.2 Å². The number of rotatable bonds is 3. The molecule has 138 valence electrons. The van der Waals surface area contributed by atoms with E-state index < -0.39 is 5.60 Å². The highest BCUT2D eigenvalue weighted by atomic mass is 79.9. The number of ether oxygens (including phenoxy) is 2. The van der Waals surface area contributed by atoms with E-state index in [9.17, 15) is 4.79 Å². The van der Waals surface area contributed by atoms with Gasteiger partial charge in [-0.15, -0.1) is 0 Å². The topological polar surface area (TPSA) is 42.0 Å². The second-order valence-corrected chi connectivity index (χ2v) is 8.87. The standard InChI is InChI=1S/C19H27BrN2O3/c1-18(2,3)25-17(23)21-9-10-22(19(13-21)7-8-19)12-14-5-6-15(20)16(11-14)24-4/h5-6,11H,7-10,12-13H2,1-4H3. The van der Waals surface area contributed by atoms with Gasteiger partial charge in [0.15, 0.2) is 0 Å². The molecule has 1 aromatic carbocycles. The van der Waals surface area contributed by atoms with Crippen LogP contribution in [0.3, 0.4) is 0 Å². The first-order valence-electron chi connectivity index (χ1n) is 8.78. The van der Waals surface area contributed by atoms with Gasteiger partial charge in [-0.3, -0.25) is 4.90 Å². The second-order valence-electron chi connectivity index (χ2n) is 8.02. The summed E-state index contributed by atoms with van der Waals surface area (Å²) >= 11 is 3.50. The summed E-state index contributed by atoms with van der Waals surface area (Å²) in [7, 11) is 1.69. The van der Waals surface area contributed by atoms with Gasteiger partial charge in [0.25, 0.3) is 0 Å². The van der Waals surface area contributed by atoms with Gasteiger partial charge >= 0.3 is 6.09 Å². The Kier molecular flexibility index (Phi) is 5.04. The van der Waals surface area contributed by atoms with Gasteiger partial charge in [0.05, 0.1) is 11.6 Å². The number of nitrogens with zero attached hydrogens (tertiary/aromatic N) is 2. The van der Waals surface area contributed by atoms with Crippen LogP contribution in [0.15, 0.2) is 22.7 Å². The number of amides is 1. The van der Waals surface area contributed by atoms with E-state index in [0.717, 1.165) is 42.7 Å². The lowest BCUT2D eigenvalue weighted by molar-refractivity contribution is -0.00239. The molecule has 0 N–H and O–H groups in total. The fourth-order valence-corrected chi connectivity index (χ4v) is 3.79. The lowest BCUT2D eigenvalue weighted by atomic mass is 10.1. The minimum Gasteiger partial charge on any atom is -0.496 e. The molecule has 1 saturated heterocycles. The highest BCUT2D eigenvalue weighted by Gasteiger charge is 2.52. The van der Waals surface area contributed by atoms with Crippen molar-refractivity contribution in [3.8, 4) is 5.75 Å². The summed E-state index contributed by atoms with van der Waals surface area (Å²) in [6, 6.07) is 6.24. The minimum absolute atomic E-state index is 0.120. The lowest BCUT2D eigenvalue weighted by Gasteiger charge is -2.42. The van der Waals surface area contributed by atoms with E-state index >= 15 is 0 Å². The van der Waals surface area contributed by atoms with Crippen LogP contribution < -0.4 is 4.74 Å². The first-order valence-corrected chi connectivity index (χ1v) is 9.57. The maximum atomic E-state index is 12.4. The predicted octanol–water partition coefficient (Wildman–Crippen LogP) is 4.04. The quantitative estimate of drug-likeness (QED) is 0.753. The Balaban J connectivity index is 1.65. The molecule has 0 unspecified atom stereocenters. The van der Waals surface area contributed by atoms with Gasteiger partial charge in [0.2, 0.25) is 0 Å². The van der Waals surface area contributed by atoms with E-state index in [2.05, 4.69) is 33.0 Å². The SMILES string of the molecule is COc1cc(CN2CCN(C(=O)OC(C)(C)C)CC23CC3)ccc1Br. The Morgan fingerprint density at radius 1 is 1.28 bits per heavy atom. The summed E-state index contributed by atoms with van der Waals surface area (Å²) in [5, 5.41) is 0. The molecule has 0 bridgehead atoms. The highest BCUT2D eigenvalue weighted by molar-refractivity contribution is 9.10. The van der Waals surface area contributed by atoms with E-state index in [1.807, 2.05) is 31.7 Å². The Morgan fingerprint density at radius 2 is 2.00 bits per heavy atom. The third-order valence-corrected chi connectivity index (χ3v) is 5.52. The summed E-state index contributed by atoms with van der Waals surface area (Å²) in [5.41, 5.74) is 0.908. The molecule has 25 heavy (non-hydrogen) atoms. The molecule has 6 heteroatoms. The highest BCUT2D eigenvalue weighted by Crippen LogP contribution is 2.45. The third-order valence-electron chi connectivity index (χ3n) is 4.86. The Hall–Kier alpha value is -1.27. The van der Waals surface area contributed by atoms with Crippen LogP contribution in [0.4, 0.5) is 4.79 Å². The van der Waals surface area contributed by atoms with E-state index in [4.69, 9.17) is 9.47 Å². The molecule has 0 aromatic heterocycles. The summed E-state index contributed by atoms with van der Waals surface area (Å²) in [4.78, 5) is 16.8. The Morgan fingerprint density at radius 3 is 2.60 bits per heavy atom. The molecule has 1 spiro atoms. The maximum Gasteiger partial charge on any atom is 0.410 e. The van der Waals surface area contributed by atoms with Crippen LogP contribution in [0, 0.1) is 0 Å². The van der Waals surface area contributed by atoms with Crippen LogP contribution in [0.5, 0.6) is 5.75 Å². The van der Waals surface area contributed by atoms with Crippen molar-refractivity contribution in [1.29, 1.82) is 0 Å². The number of hydrogen-bond acceptors (Lipinski definition) is 4. The fourth-order valence-electron chi connectivity index (χ4n) is 3.38. The van der Waals surface area contributed by atoms with Gasteiger partial charge in [-0.2, -0.15) is 0 Å². The van der Waals surface area contributed by atoms with Gasteiger partial charge < -0.3 is 14.4 Å². The lowest BCUT2D eigenvalue weighted by Crippen LogP contribution is -2.56. The van der Waals surface area contributed by atoms with Crippen LogP contribution in [0.1, 0.15) is 39.2 Å². The van der Waals surface area contributed by atoms with Crippen molar-refractivity contribution in [1.82, 2.24) is 9.80 Å². The van der Waals surface area contributed by atoms with E-state index in [1.54, 1.807) is 7.11 Å². The molecule has 2 fully saturated rings. The van der Waals surface area contributed by atoms with Gasteiger partial charge in [-0.1, -0.05) is 6.07 Å². The van der Waals surface area contributed by atoms with Crippen LogP contribution in [0.2, 0.25) is 0 Å². The van der Waals surface area contributed by atoms with Crippen molar-refractivity contribution >= 4 is 22.0 Å². The van der Waals surface area contributed by atoms with Gasteiger partial charge in [0, 0.05) is 31.7 Å². The fraction of sp³-hybridized carbons (Fsp3) is 0.632. The van der Waals surface area contributed by atoms with Crippen molar-refractivity contribution in [2.45, 2.75) is 51.3 Å². The molecule has 1 amide bonds. The first-order chi connectivity index (χ1) is 11.7. The van der Waals surface area contributed by atoms with Crippen LogP contribution in [-0.2, 0) is 11.3 Å². The summed E-state index contributed by atoms with van der Waals surface area (Å²) in [5.74, 6) is 0.856. The van der Waals surface area contributed by atoms with E-state index in [-0.39, 0.29) is 11.6 Å². The zero-order valence-electron chi connectivity index (χ0n) is 15.5. The Bertz CT molecular complexity index is 653. The molecular formula is C19H27BrN2O3. The zero-order chi connectivity index (χ0) is 18.2. The van der Waals surface area contributed by atoms with Crippen LogP contribution in [-0.4, -0.2) is 53.8 Å². The predicted molar refractivity (Wildman–Crippen MR) is 101 cm³/mol. The number of methoxy groups -OCH3 is 1. The summed E-state index contributed by atoms with van der Waals surface area (Å²) < 4.78 is 11.9. The molecule has 0 radical (unpaired) electrons. The number of carbonyl (C=O) groups excluding carboxylic acids is 1. The molecule has 1 saturated carbocycles. The smallest absolute Gasteiger partial charge is 0.410 e. The molecule has 2 aliphatic rings. The molecular weight excluding hydrogens is 384 g/mol. The normalized spacial score (nSPS) is 19.8. The molecule has 1 heterocycles. The molecule has 1 aliphatic heterocycles. The van der Waals surface area contributed by atoms with E-state index in [1.165, 1.54) is 5.56 Å². The Labute approximate surface area is 158 Å². The van der Waals surface area contributed by atoms with Gasteiger partial charge in [-0.25, -0.2) is 4.79 Å². The number of piperazine rings is 1. The van der Waals surface area contributed by atoms with E-state index in [0.29, 0.717) is 6.54 Å². The summed E-state index contributed by atoms with van der Waals surface area (Å²) in [6.07, 6.45) is 2.09. The number of carbonyl (C=O) groups is 1. The average Bonchev–Trinajstić information content (AvgIpc) is 3.29. The van der Waals surface area contributed by atoms with Crippen molar-refractivity contribution < 1.29 is 14.3 Å². The van der Waals surface area contributed by atoms with Crippen molar-refractivity contribution in [3.63, 3.8) is 0 Å². The van der Waals surface area contributed by atoms with Crippen molar-refractivity contribution in [2.24, 2.45) is 0 Å². The van der Waals surface area contributed by atoms with Gasteiger partial charge in [0.1, 0.15) is 11.4 Å². The van der Waals surface area contributed by atoms with Crippen LogP contribution in [0.25, 0.3) is 0 Å². The average molecular weight is 411 g/mol. The first kappa shape index (κ1) is 18.5. The molecule has 3 rings (SSSR count). The molecule has 1 aromatic rings. The third kappa shape index (κ3) is 4.29. The second kappa shape index (κ2) is 6.80. The molecule has 0 atom stereocenters. The van der Waals surface area contributed by atoms with Crippen LogP contribution >= 0.6 is 15.9 Å². The monoisotopic (exact) mass is 410 g/mol. The minimum atomic E-state index is -0.446. The van der Waals surface area contributed by atoms with Crippen molar-refractivity contribution in [3.05, 3.63) is 28.2 Å². The van der Waals surface area contributed by atoms with Crippen molar-refractivity contribution in [2.75, 3.05) is 26.7 Å².